The van der Waals surface area contributed by atoms with Crippen LogP contribution in [0.15, 0.2) is 57.9 Å². The second-order valence-corrected chi connectivity index (χ2v) is 13.1. The minimum atomic E-state index is -3.79. The zero-order valence-corrected chi connectivity index (χ0v) is 21.5. The first-order valence-corrected chi connectivity index (χ1v) is 13.3. The molecule has 4 rings (SSSR count). The number of nitrogens with zero attached hydrogens (tertiary/aromatic N) is 1. The molecule has 2 bridgehead atoms. The molecule has 2 saturated carbocycles. The highest BCUT2D eigenvalue weighted by atomic mass is 79.9. The molecule has 2 aromatic rings. The van der Waals surface area contributed by atoms with Crippen LogP contribution in [0.25, 0.3) is 0 Å². The van der Waals surface area contributed by atoms with Crippen LogP contribution in [0.3, 0.4) is 0 Å². The van der Waals surface area contributed by atoms with Gasteiger partial charge in [0.15, 0.2) is 0 Å². The summed E-state index contributed by atoms with van der Waals surface area (Å²) in [6.07, 6.45) is 3.47. The fraction of sp³-hybridized carbons (Fsp3) is 0.480. The van der Waals surface area contributed by atoms with Crippen molar-refractivity contribution in [3.63, 3.8) is 0 Å². The second kappa shape index (κ2) is 8.26. The molecule has 172 valence electrons. The van der Waals surface area contributed by atoms with E-state index in [0.717, 1.165) is 18.4 Å². The Morgan fingerprint density at radius 1 is 1.16 bits per heavy atom. The lowest BCUT2D eigenvalue weighted by atomic mass is 9.68. The number of amides is 1. The first-order chi connectivity index (χ1) is 14.9. The van der Waals surface area contributed by atoms with Crippen LogP contribution in [0, 0.1) is 16.7 Å². The fourth-order valence-corrected chi connectivity index (χ4v) is 7.92. The van der Waals surface area contributed by atoms with Crippen molar-refractivity contribution < 1.29 is 13.2 Å². The Bertz CT molecular complexity index is 1130. The maximum atomic E-state index is 13.3. The molecule has 2 aliphatic carbocycles. The number of carbonyl (C=O) groups is 1. The Balaban J connectivity index is 1.58. The minimum Gasteiger partial charge on any atom is -0.348 e. The van der Waals surface area contributed by atoms with Crippen LogP contribution in [0.5, 0.6) is 0 Å². The van der Waals surface area contributed by atoms with Gasteiger partial charge < -0.3 is 5.32 Å². The average molecular weight is 520 g/mol. The molecule has 2 aliphatic rings. The van der Waals surface area contributed by atoms with Crippen molar-refractivity contribution in [2.24, 2.45) is 16.7 Å². The van der Waals surface area contributed by atoms with Gasteiger partial charge in [0, 0.05) is 29.7 Å². The number of rotatable bonds is 6. The number of hydrogen-bond donors (Lipinski definition) is 1. The van der Waals surface area contributed by atoms with E-state index in [9.17, 15) is 13.2 Å². The van der Waals surface area contributed by atoms with Gasteiger partial charge in [-0.05, 0) is 75.7 Å². The van der Waals surface area contributed by atoms with E-state index in [1.807, 2.05) is 30.3 Å². The molecule has 0 aromatic heterocycles. The van der Waals surface area contributed by atoms with Crippen molar-refractivity contribution in [3.8, 4) is 0 Å². The van der Waals surface area contributed by atoms with Gasteiger partial charge in [0.1, 0.15) is 0 Å². The van der Waals surface area contributed by atoms with Gasteiger partial charge in [0.2, 0.25) is 10.0 Å². The number of hydrogen-bond acceptors (Lipinski definition) is 3. The molecule has 0 aliphatic heterocycles. The molecule has 7 heteroatoms. The lowest BCUT2D eigenvalue weighted by Gasteiger charge is -2.43. The van der Waals surface area contributed by atoms with Crippen molar-refractivity contribution in [3.05, 3.63) is 64.1 Å². The van der Waals surface area contributed by atoms with Crippen LogP contribution in [-0.2, 0) is 16.6 Å². The Labute approximate surface area is 199 Å². The summed E-state index contributed by atoms with van der Waals surface area (Å²) in [5, 5.41) is 3.26. The Morgan fingerprint density at radius 3 is 2.47 bits per heavy atom. The number of sulfonamides is 1. The van der Waals surface area contributed by atoms with Gasteiger partial charge in [-0.1, -0.05) is 51.1 Å². The monoisotopic (exact) mass is 518 g/mol. The highest BCUT2D eigenvalue weighted by Gasteiger charge is 2.59. The molecule has 5 nitrogen and oxygen atoms in total. The molecule has 2 unspecified atom stereocenters. The molecule has 0 saturated heterocycles. The van der Waals surface area contributed by atoms with E-state index in [0.29, 0.717) is 16.0 Å². The maximum absolute atomic E-state index is 13.3. The molecular weight excluding hydrogens is 488 g/mol. The zero-order valence-electron chi connectivity index (χ0n) is 19.1. The summed E-state index contributed by atoms with van der Waals surface area (Å²) in [4.78, 5) is 13.3. The van der Waals surface area contributed by atoms with E-state index >= 15 is 0 Å². The molecule has 1 amide bonds. The van der Waals surface area contributed by atoms with Gasteiger partial charge >= 0.3 is 0 Å². The number of fused-ring (bicyclic) bond motifs is 2. The SMILES string of the molecule is CN(Cc1ccccc1)S(=O)(=O)c1cc(C(=O)NC2C(C)(C)C3CC[C@@]2(C)C3)ccc1Br. The molecule has 1 N–H and O–H groups in total. The smallest absolute Gasteiger partial charge is 0.251 e. The second-order valence-electron chi connectivity index (χ2n) is 10.2. The van der Waals surface area contributed by atoms with Crippen LogP contribution in [0.4, 0.5) is 0 Å². The number of carbonyl (C=O) groups excluding carboxylic acids is 1. The van der Waals surface area contributed by atoms with Crippen LogP contribution in [0.1, 0.15) is 56.0 Å². The summed E-state index contributed by atoms with van der Waals surface area (Å²) in [6.45, 7) is 7.00. The summed E-state index contributed by atoms with van der Waals surface area (Å²) in [5.41, 5.74) is 1.39. The van der Waals surface area contributed by atoms with E-state index < -0.39 is 10.0 Å². The van der Waals surface area contributed by atoms with Gasteiger partial charge in [0.25, 0.3) is 5.91 Å². The zero-order chi connectivity index (χ0) is 23.3. The van der Waals surface area contributed by atoms with Gasteiger partial charge in [-0.2, -0.15) is 4.31 Å². The normalized spacial score (nSPS) is 26.4. The Morgan fingerprint density at radius 2 is 1.84 bits per heavy atom. The fourth-order valence-electron chi connectivity index (χ4n) is 5.81. The van der Waals surface area contributed by atoms with E-state index in [-0.39, 0.29) is 34.2 Å². The molecule has 3 atom stereocenters. The Hall–Kier alpha value is -1.70. The topological polar surface area (TPSA) is 66.5 Å². The van der Waals surface area contributed by atoms with Crippen molar-refractivity contribution in [2.45, 2.75) is 57.5 Å². The van der Waals surface area contributed by atoms with Gasteiger partial charge in [0.05, 0.1) is 4.90 Å². The highest BCUT2D eigenvalue weighted by Crippen LogP contribution is 2.62. The van der Waals surface area contributed by atoms with E-state index in [4.69, 9.17) is 0 Å². The summed E-state index contributed by atoms with van der Waals surface area (Å²) < 4.78 is 28.4. The number of benzene rings is 2. The lowest BCUT2D eigenvalue weighted by molar-refractivity contribution is 0.0737. The van der Waals surface area contributed by atoms with E-state index in [2.05, 4.69) is 42.0 Å². The molecular formula is C25H31BrN2O3S. The van der Waals surface area contributed by atoms with Gasteiger partial charge in [-0.3, -0.25) is 4.79 Å². The first kappa shape index (κ1) is 23.5. The summed E-state index contributed by atoms with van der Waals surface area (Å²) in [5.74, 6) is 0.400. The van der Waals surface area contributed by atoms with Crippen molar-refractivity contribution in [1.82, 2.24) is 9.62 Å². The molecule has 2 aromatic carbocycles. The van der Waals surface area contributed by atoms with Crippen molar-refractivity contribution in [1.29, 1.82) is 0 Å². The summed E-state index contributed by atoms with van der Waals surface area (Å²) in [6, 6.07) is 14.3. The first-order valence-electron chi connectivity index (χ1n) is 11.1. The third kappa shape index (κ3) is 4.03. The van der Waals surface area contributed by atoms with Crippen LogP contribution in [-0.4, -0.2) is 31.7 Å². The molecule has 32 heavy (non-hydrogen) atoms. The molecule has 0 radical (unpaired) electrons. The quantitative estimate of drug-likeness (QED) is 0.570. The predicted molar refractivity (Wildman–Crippen MR) is 130 cm³/mol. The standard InChI is InChI=1S/C25H31BrN2O3S/c1-24(2)19-12-13-25(3,15-19)23(24)27-22(29)18-10-11-20(26)21(14-18)32(30,31)28(4)16-17-8-6-5-7-9-17/h5-11,14,19,23H,12-13,15-16H2,1-4H3,(H,27,29)/t19?,23?,25-/m0/s1. The third-order valence-electron chi connectivity index (χ3n) is 7.67. The largest absolute Gasteiger partial charge is 0.348 e. The molecule has 0 heterocycles. The molecule has 2 fully saturated rings. The Kier molecular flexibility index (Phi) is 6.06. The third-order valence-corrected chi connectivity index (χ3v) is 10.5. The lowest BCUT2D eigenvalue weighted by Crippen LogP contribution is -2.52. The molecule has 0 spiro atoms. The van der Waals surface area contributed by atoms with E-state index in [1.54, 1.807) is 19.2 Å². The van der Waals surface area contributed by atoms with Gasteiger partial charge in [-0.15, -0.1) is 0 Å². The highest BCUT2D eigenvalue weighted by molar-refractivity contribution is 9.10. The maximum Gasteiger partial charge on any atom is 0.251 e. The number of halogens is 1. The average Bonchev–Trinajstić information content (AvgIpc) is 3.23. The van der Waals surface area contributed by atoms with Gasteiger partial charge in [-0.25, -0.2) is 8.42 Å². The van der Waals surface area contributed by atoms with Crippen molar-refractivity contribution in [2.75, 3.05) is 7.05 Å². The predicted octanol–water partition coefficient (Wildman–Crippen LogP) is 5.21. The van der Waals surface area contributed by atoms with E-state index in [1.165, 1.54) is 16.8 Å². The van der Waals surface area contributed by atoms with Crippen LogP contribution < -0.4 is 5.32 Å². The minimum absolute atomic E-state index is 0.0306. The van der Waals surface area contributed by atoms with Crippen molar-refractivity contribution >= 4 is 31.9 Å². The summed E-state index contributed by atoms with van der Waals surface area (Å²) >= 11 is 3.37. The summed E-state index contributed by atoms with van der Waals surface area (Å²) in [7, 11) is -2.23. The number of nitrogens with one attached hydrogen (secondary N) is 1. The van der Waals surface area contributed by atoms with Crippen LogP contribution >= 0.6 is 15.9 Å². The van der Waals surface area contributed by atoms with Crippen LogP contribution in [0.2, 0.25) is 0 Å².